The molecule has 0 aliphatic carbocycles. The molecule has 1 aromatic heterocycles. The summed E-state index contributed by atoms with van der Waals surface area (Å²) >= 11 is 0. The topological polar surface area (TPSA) is 98.0 Å². The lowest BCUT2D eigenvalue weighted by Crippen LogP contribution is -2.39. The lowest BCUT2D eigenvalue weighted by Gasteiger charge is -2.30. The largest absolute Gasteiger partial charge is 0.493 e. The Bertz CT molecular complexity index is 960. The predicted octanol–water partition coefficient (Wildman–Crippen LogP) is 2.49. The zero-order valence-electron chi connectivity index (χ0n) is 18.2. The van der Waals surface area contributed by atoms with Gasteiger partial charge in [0.05, 0.1) is 19.1 Å². The van der Waals surface area contributed by atoms with Crippen molar-refractivity contribution in [2.24, 2.45) is 5.92 Å². The summed E-state index contributed by atoms with van der Waals surface area (Å²) in [5, 5.41) is 3.91. The second-order valence-corrected chi connectivity index (χ2v) is 9.76. The van der Waals surface area contributed by atoms with Crippen LogP contribution in [-0.4, -0.2) is 68.2 Å². The maximum absolute atomic E-state index is 13.5. The molecule has 0 amide bonds. The van der Waals surface area contributed by atoms with Gasteiger partial charge in [-0.15, -0.1) is 0 Å². The molecule has 2 aromatic rings. The number of hydrogen-bond acceptors (Lipinski definition) is 8. The summed E-state index contributed by atoms with van der Waals surface area (Å²) < 4.78 is 44.4. The molecule has 10 heteroatoms. The molecule has 1 aromatic carbocycles. The van der Waals surface area contributed by atoms with E-state index < -0.39 is 10.0 Å². The number of sulfonamides is 1. The van der Waals surface area contributed by atoms with Crippen LogP contribution in [0, 0.1) is 12.8 Å². The fraction of sp³-hybridized carbons (Fsp3) is 0.600. The van der Waals surface area contributed by atoms with E-state index in [2.05, 4.69) is 28.9 Å². The zero-order chi connectivity index (χ0) is 21.9. The molecule has 0 spiro atoms. The first-order valence-corrected chi connectivity index (χ1v) is 11.5. The second-order valence-electron chi connectivity index (χ2n) is 7.82. The minimum Gasteiger partial charge on any atom is -0.493 e. The summed E-state index contributed by atoms with van der Waals surface area (Å²) in [6, 6.07) is 4.34. The maximum Gasteiger partial charge on any atom is 0.245 e. The SMILES string of the molecule is COc1ccc(S(=O)(=O)N2CCCN(CC(C)C)C(c3nc(C)no3)C2)cc1OC. The van der Waals surface area contributed by atoms with Crippen LogP contribution in [0.1, 0.15) is 38.0 Å². The summed E-state index contributed by atoms with van der Waals surface area (Å²) in [4.78, 5) is 6.80. The zero-order valence-corrected chi connectivity index (χ0v) is 19.0. The van der Waals surface area contributed by atoms with E-state index in [1.807, 2.05) is 0 Å². The van der Waals surface area contributed by atoms with Crippen molar-refractivity contribution < 1.29 is 22.4 Å². The number of aromatic nitrogens is 2. The molecule has 1 aliphatic heterocycles. The van der Waals surface area contributed by atoms with E-state index in [0.717, 1.165) is 13.1 Å². The molecular formula is C20H30N4O5S. The highest BCUT2D eigenvalue weighted by Gasteiger charge is 2.36. The number of rotatable bonds is 7. The highest BCUT2D eigenvalue weighted by Crippen LogP contribution is 2.33. The smallest absolute Gasteiger partial charge is 0.245 e. The van der Waals surface area contributed by atoms with Crippen LogP contribution in [0.25, 0.3) is 0 Å². The van der Waals surface area contributed by atoms with Crippen LogP contribution in [0.3, 0.4) is 0 Å². The molecule has 1 atom stereocenters. The Hall–Kier alpha value is -2.17. The molecule has 30 heavy (non-hydrogen) atoms. The number of ether oxygens (including phenoxy) is 2. The molecule has 0 N–H and O–H groups in total. The van der Waals surface area contributed by atoms with Crippen molar-refractivity contribution in [1.82, 2.24) is 19.3 Å². The molecule has 0 radical (unpaired) electrons. The molecule has 0 bridgehead atoms. The van der Waals surface area contributed by atoms with Crippen LogP contribution in [0.15, 0.2) is 27.6 Å². The van der Waals surface area contributed by atoms with Crippen molar-refractivity contribution in [3.05, 3.63) is 29.9 Å². The van der Waals surface area contributed by atoms with Gasteiger partial charge in [-0.3, -0.25) is 4.90 Å². The van der Waals surface area contributed by atoms with Crippen LogP contribution >= 0.6 is 0 Å². The number of nitrogens with zero attached hydrogens (tertiary/aromatic N) is 4. The van der Waals surface area contributed by atoms with E-state index in [0.29, 0.717) is 42.1 Å². The average molecular weight is 439 g/mol. The predicted molar refractivity (Wildman–Crippen MR) is 111 cm³/mol. The Kier molecular flexibility index (Phi) is 6.99. The van der Waals surface area contributed by atoms with Gasteiger partial charge in [0.25, 0.3) is 0 Å². The standard InChI is InChI=1S/C20H30N4O5S/c1-14(2)12-23-9-6-10-24(13-17(23)20-21-15(3)22-29-20)30(25,26)16-7-8-18(27-4)19(11-16)28-5/h7-8,11,14,17H,6,9-10,12-13H2,1-5H3. The summed E-state index contributed by atoms with van der Waals surface area (Å²) in [5.41, 5.74) is 0. The third kappa shape index (κ3) is 4.76. The highest BCUT2D eigenvalue weighted by atomic mass is 32.2. The molecular weight excluding hydrogens is 408 g/mol. The van der Waals surface area contributed by atoms with E-state index in [9.17, 15) is 8.42 Å². The van der Waals surface area contributed by atoms with E-state index in [1.54, 1.807) is 19.1 Å². The number of aryl methyl sites for hydroxylation is 1. The lowest BCUT2D eigenvalue weighted by molar-refractivity contribution is 0.146. The third-order valence-electron chi connectivity index (χ3n) is 5.09. The normalized spacial score (nSPS) is 19.1. The highest BCUT2D eigenvalue weighted by molar-refractivity contribution is 7.89. The molecule has 2 heterocycles. The Morgan fingerprint density at radius 2 is 1.93 bits per heavy atom. The van der Waals surface area contributed by atoms with Crippen molar-refractivity contribution in [3.8, 4) is 11.5 Å². The van der Waals surface area contributed by atoms with Crippen molar-refractivity contribution in [2.75, 3.05) is 40.4 Å². The summed E-state index contributed by atoms with van der Waals surface area (Å²) in [6.45, 7) is 8.26. The van der Waals surface area contributed by atoms with E-state index in [4.69, 9.17) is 14.0 Å². The number of benzene rings is 1. The van der Waals surface area contributed by atoms with Gasteiger partial charge in [0.15, 0.2) is 17.3 Å². The second kappa shape index (κ2) is 9.32. The number of methoxy groups -OCH3 is 2. The molecule has 9 nitrogen and oxygen atoms in total. The number of hydrogen-bond donors (Lipinski definition) is 0. The van der Waals surface area contributed by atoms with Crippen molar-refractivity contribution >= 4 is 10.0 Å². The Balaban J connectivity index is 1.95. The van der Waals surface area contributed by atoms with Crippen LogP contribution < -0.4 is 9.47 Å². The van der Waals surface area contributed by atoms with Crippen molar-refractivity contribution in [2.45, 2.75) is 38.1 Å². The minimum absolute atomic E-state index is 0.165. The third-order valence-corrected chi connectivity index (χ3v) is 6.95. The molecule has 0 saturated carbocycles. The molecule has 3 rings (SSSR count). The quantitative estimate of drug-likeness (QED) is 0.650. The first-order chi connectivity index (χ1) is 14.3. The fourth-order valence-electron chi connectivity index (χ4n) is 3.72. The summed E-state index contributed by atoms with van der Waals surface area (Å²) in [6.07, 6.45) is 0.711. The van der Waals surface area contributed by atoms with Gasteiger partial charge in [0.2, 0.25) is 15.9 Å². The van der Waals surface area contributed by atoms with Crippen LogP contribution in [0.2, 0.25) is 0 Å². The van der Waals surface area contributed by atoms with Gasteiger partial charge in [0, 0.05) is 32.2 Å². The lowest BCUT2D eigenvalue weighted by atomic mass is 10.1. The molecule has 1 saturated heterocycles. The first-order valence-electron chi connectivity index (χ1n) is 10.0. The Labute approximate surface area is 178 Å². The molecule has 1 fully saturated rings. The van der Waals surface area contributed by atoms with Crippen LogP contribution in [0.5, 0.6) is 11.5 Å². The van der Waals surface area contributed by atoms with Gasteiger partial charge in [-0.2, -0.15) is 9.29 Å². The maximum atomic E-state index is 13.5. The van der Waals surface area contributed by atoms with Gasteiger partial charge in [-0.25, -0.2) is 8.42 Å². The minimum atomic E-state index is -3.75. The van der Waals surface area contributed by atoms with E-state index >= 15 is 0 Å². The van der Waals surface area contributed by atoms with E-state index in [1.165, 1.54) is 24.6 Å². The van der Waals surface area contributed by atoms with Crippen molar-refractivity contribution in [1.29, 1.82) is 0 Å². The average Bonchev–Trinajstić information content (AvgIpc) is 3.03. The monoisotopic (exact) mass is 438 g/mol. The molecule has 1 unspecified atom stereocenters. The van der Waals surface area contributed by atoms with Gasteiger partial charge in [0.1, 0.15) is 6.04 Å². The van der Waals surface area contributed by atoms with Crippen LogP contribution in [0.4, 0.5) is 0 Å². The molecule has 1 aliphatic rings. The first kappa shape index (κ1) is 22.5. The Morgan fingerprint density at radius 1 is 1.20 bits per heavy atom. The fourth-order valence-corrected chi connectivity index (χ4v) is 5.22. The van der Waals surface area contributed by atoms with Crippen LogP contribution in [-0.2, 0) is 10.0 Å². The molecule has 166 valence electrons. The summed E-state index contributed by atoms with van der Waals surface area (Å²) in [5.74, 6) is 2.26. The Morgan fingerprint density at radius 3 is 2.53 bits per heavy atom. The van der Waals surface area contributed by atoms with Gasteiger partial charge >= 0.3 is 0 Å². The van der Waals surface area contributed by atoms with E-state index in [-0.39, 0.29) is 17.5 Å². The van der Waals surface area contributed by atoms with Gasteiger partial charge in [-0.05, 0) is 31.4 Å². The van der Waals surface area contributed by atoms with Gasteiger partial charge in [-0.1, -0.05) is 19.0 Å². The summed E-state index contributed by atoms with van der Waals surface area (Å²) in [7, 11) is -0.749. The van der Waals surface area contributed by atoms with Crippen molar-refractivity contribution in [3.63, 3.8) is 0 Å². The van der Waals surface area contributed by atoms with Gasteiger partial charge < -0.3 is 14.0 Å².